The number of fused-ring (bicyclic) bond motifs is 5. The Morgan fingerprint density at radius 3 is 2.90 bits per heavy atom. The van der Waals surface area contributed by atoms with Gasteiger partial charge in [-0.2, -0.15) is 0 Å². The Hall–Kier alpha value is -1.05. The van der Waals surface area contributed by atoms with Gasteiger partial charge in [-0.05, 0) is 73.8 Å². The molecule has 0 radical (unpaired) electrons. The van der Waals surface area contributed by atoms with Crippen molar-refractivity contribution >= 4 is 5.78 Å². The highest BCUT2D eigenvalue weighted by molar-refractivity contribution is 6.03. The molecule has 2 nitrogen and oxygen atoms in total. The fraction of sp³-hybridized carbons (Fsp3) is 0.722. The smallest absolute Gasteiger partial charge is 0.219 e. The summed E-state index contributed by atoms with van der Waals surface area (Å²) in [5.41, 5.74) is 1.87. The maximum Gasteiger partial charge on any atom is 0.219 e. The molecule has 4 aliphatic rings. The second-order valence-corrected chi connectivity index (χ2v) is 7.72. The summed E-state index contributed by atoms with van der Waals surface area (Å²) in [5, 5.41) is 9.81. The number of hydrogen-bond acceptors (Lipinski definition) is 2. The van der Waals surface area contributed by atoms with Crippen LogP contribution in [0.25, 0.3) is 0 Å². The van der Waals surface area contributed by atoms with E-state index in [1.165, 1.54) is 44.1 Å². The van der Waals surface area contributed by atoms with Crippen LogP contribution in [0.3, 0.4) is 0 Å². The van der Waals surface area contributed by atoms with Crippen molar-refractivity contribution in [2.45, 2.75) is 51.9 Å². The highest BCUT2D eigenvalue weighted by Crippen LogP contribution is 2.61. The van der Waals surface area contributed by atoms with Gasteiger partial charge in [0, 0.05) is 5.92 Å². The lowest BCUT2D eigenvalue weighted by molar-refractivity contribution is -0.114. The molecule has 0 saturated heterocycles. The Morgan fingerprint density at radius 1 is 1.20 bits per heavy atom. The molecule has 4 aliphatic carbocycles. The molecular weight excluding hydrogens is 248 g/mol. The van der Waals surface area contributed by atoms with Crippen molar-refractivity contribution in [2.75, 3.05) is 0 Å². The molecule has 4 rings (SSSR count). The van der Waals surface area contributed by atoms with Crippen LogP contribution >= 0.6 is 0 Å². The van der Waals surface area contributed by atoms with E-state index in [0.717, 1.165) is 18.3 Å². The number of carbonyl (C=O) groups is 1. The van der Waals surface area contributed by atoms with E-state index in [9.17, 15) is 9.90 Å². The third-order valence-electron chi connectivity index (χ3n) is 6.84. The molecule has 0 bridgehead atoms. The topological polar surface area (TPSA) is 37.3 Å². The molecule has 0 aromatic rings. The second kappa shape index (κ2) is 4.22. The van der Waals surface area contributed by atoms with Crippen LogP contribution in [0.4, 0.5) is 0 Å². The van der Waals surface area contributed by atoms with Gasteiger partial charge in [-0.1, -0.05) is 18.9 Å². The molecule has 3 saturated carbocycles. The van der Waals surface area contributed by atoms with Gasteiger partial charge in [0.05, 0.1) is 0 Å². The average Bonchev–Trinajstić information content (AvgIpc) is 2.82. The largest absolute Gasteiger partial charge is 0.504 e. The Labute approximate surface area is 120 Å². The number of allylic oxidation sites excluding steroid dienone is 3. The molecule has 1 N–H and O–H groups in total. The predicted octanol–water partition coefficient (Wildman–Crippen LogP) is 4.18. The molecule has 0 aliphatic heterocycles. The van der Waals surface area contributed by atoms with Crippen LogP contribution in [0.1, 0.15) is 51.9 Å². The zero-order chi connectivity index (χ0) is 13.9. The maximum atomic E-state index is 11.6. The zero-order valence-electron chi connectivity index (χ0n) is 12.3. The van der Waals surface area contributed by atoms with Crippen LogP contribution in [0, 0.1) is 29.1 Å². The first kappa shape index (κ1) is 12.7. The number of aliphatic hydroxyl groups excluding tert-OH is 1. The van der Waals surface area contributed by atoms with Gasteiger partial charge in [-0.3, -0.25) is 4.79 Å². The van der Waals surface area contributed by atoms with E-state index < -0.39 is 0 Å². The van der Waals surface area contributed by atoms with Gasteiger partial charge in [0.25, 0.3) is 0 Å². The molecule has 20 heavy (non-hydrogen) atoms. The van der Waals surface area contributed by atoms with Gasteiger partial charge in [0.2, 0.25) is 5.78 Å². The number of aliphatic hydroxyl groups is 1. The molecule has 2 heteroatoms. The first-order valence-electron chi connectivity index (χ1n) is 8.24. The second-order valence-electron chi connectivity index (χ2n) is 7.72. The van der Waals surface area contributed by atoms with Gasteiger partial charge in [0.15, 0.2) is 5.76 Å². The normalized spacial score (nSPS) is 47.0. The molecular formula is C18H24O2. The minimum atomic E-state index is -0.184. The number of ketones is 1. The average molecular weight is 272 g/mol. The number of rotatable bonds is 0. The maximum absolute atomic E-state index is 11.6. The van der Waals surface area contributed by atoms with Gasteiger partial charge in [-0.15, -0.1) is 0 Å². The monoisotopic (exact) mass is 272 g/mol. The van der Waals surface area contributed by atoms with Crippen molar-refractivity contribution in [1.29, 1.82) is 0 Å². The predicted molar refractivity (Wildman–Crippen MR) is 78.2 cm³/mol. The van der Waals surface area contributed by atoms with E-state index in [4.69, 9.17) is 0 Å². The third kappa shape index (κ3) is 1.66. The van der Waals surface area contributed by atoms with Crippen molar-refractivity contribution in [3.8, 4) is 0 Å². The van der Waals surface area contributed by atoms with Crippen LogP contribution in [0.5, 0.6) is 0 Å². The standard InChI is InChI=1S/C18H24O2/c1-18-7-2-3-15(18)13-5-4-11-9-16(19)17(20)10-14(11)12(13)6-8-18/h9-10,12-15,20H,2-8H2,1H3/t12-,13+,14-,15-,18-/m0/s1. The van der Waals surface area contributed by atoms with E-state index in [1.54, 1.807) is 6.08 Å². The van der Waals surface area contributed by atoms with Gasteiger partial charge in [-0.25, -0.2) is 0 Å². The molecule has 0 heterocycles. The SMILES string of the molecule is C[C@@]12CCC[C@H]1[C@@H]1CCC3=CC(=O)C(O)=C[C@@H]3[C@H]1CC2. The van der Waals surface area contributed by atoms with Gasteiger partial charge >= 0.3 is 0 Å². The Balaban J connectivity index is 1.67. The summed E-state index contributed by atoms with van der Waals surface area (Å²) in [4.78, 5) is 11.6. The van der Waals surface area contributed by atoms with Crippen LogP contribution < -0.4 is 0 Å². The van der Waals surface area contributed by atoms with Crippen molar-refractivity contribution in [2.24, 2.45) is 29.1 Å². The summed E-state index contributed by atoms with van der Waals surface area (Å²) in [6.07, 6.45) is 12.7. The minimum absolute atomic E-state index is 0.0147. The van der Waals surface area contributed by atoms with Gasteiger partial charge < -0.3 is 5.11 Å². The van der Waals surface area contributed by atoms with Crippen LogP contribution in [-0.4, -0.2) is 10.9 Å². The van der Waals surface area contributed by atoms with E-state index in [0.29, 0.717) is 17.3 Å². The van der Waals surface area contributed by atoms with E-state index >= 15 is 0 Å². The lowest BCUT2D eigenvalue weighted by atomic mass is 9.53. The number of carbonyl (C=O) groups excluding carboxylic acids is 1. The summed E-state index contributed by atoms with van der Waals surface area (Å²) >= 11 is 0. The molecule has 5 atom stereocenters. The highest BCUT2D eigenvalue weighted by Gasteiger charge is 2.52. The fourth-order valence-electron chi connectivity index (χ4n) is 5.84. The van der Waals surface area contributed by atoms with Crippen LogP contribution in [0.15, 0.2) is 23.5 Å². The van der Waals surface area contributed by atoms with E-state index in [-0.39, 0.29) is 11.5 Å². The van der Waals surface area contributed by atoms with E-state index in [1.807, 2.05) is 6.08 Å². The molecule has 108 valence electrons. The highest BCUT2D eigenvalue weighted by atomic mass is 16.3. The summed E-state index contributed by atoms with van der Waals surface area (Å²) in [6, 6.07) is 0. The van der Waals surface area contributed by atoms with Gasteiger partial charge in [0.1, 0.15) is 0 Å². The lowest BCUT2D eigenvalue weighted by Gasteiger charge is -2.52. The summed E-state index contributed by atoms with van der Waals surface area (Å²) in [6.45, 7) is 2.50. The summed E-state index contributed by atoms with van der Waals surface area (Å²) in [7, 11) is 0. The number of hydrogen-bond donors (Lipinski definition) is 1. The summed E-state index contributed by atoms with van der Waals surface area (Å²) < 4.78 is 0. The van der Waals surface area contributed by atoms with Crippen LogP contribution in [-0.2, 0) is 4.79 Å². The quantitative estimate of drug-likeness (QED) is 0.718. The molecule has 0 spiro atoms. The zero-order valence-corrected chi connectivity index (χ0v) is 12.3. The Bertz CT molecular complexity index is 516. The molecule has 0 aromatic carbocycles. The van der Waals surface area contributed by atoms with Crippen LogP contribution in [0.2, 0.25) is 0 Å². The van der Waals surface area contributed by atoms with Crippen molar-refractivity contribution in [3.63, 3.8) is 0 Å². The first-order chi connectivity index (χ1) is 9.58. The van der Waals surface area contributed by atoms with Crippen molar-refractivity contribution in [1.82, 2.24) is 0 Å². The Kier molecular flexibility index (Phi) is 2.68. The minimum Gasteiger partial charge on any atom is -0.504 e. The third-order valence-corrected chi connectivity index (χ3v) is 6.84. The molecule has 0 unspecified atom stereocenters. The molecule has 0 aromatic heterocycles. The van der Waals surface area contributed by atoms with Crippen molar-refractivity contribution in [3.05, 3.63) is 23.5 Å². The first-order valence-corrected chi connectivity index (χ1v) is 8.24. The summed E-state index contributed by atoms with van der Waals surface area (Å²) in [5.74, 6) is 2.51. The fourth-order valence-corrected chi connectivity index (χ4v) is 5.84. The molecule has 3 fully saturated rings. The lowest BCUT2D eigenvalue weighted by Crippen LogP contribution is -2.44. The van der Waals surface area contributed by atoms with Crippen molar-refractivity contribution < 1.29 is 9.90 Å². The Morgan fingerprint density at radius 2 is 2.05 bits per heavy atom. The van der Waals surface area contributed by atoms with E-state index in [2.05, 4.69) is 6.92 Å². The molecule has 0 amide bonds.